The lowest BCUT2D eigenvalue weighted by atomic mass is 9.89. The van der Waals surface area contributed by atoms with Crippen molar-refractivity contribution in [1.29, 1.82) is 0 Å². The van der Waals surface area contributed by atoms with E-state index in [1.807, 2.05) is 24.3 Å². The summed E-state index contributed by atoms with van der Waals surface area (Å²) in [6.45, 7) is 5.13. The van der Waals surface area contributed by atoms with Gasteiger partial charge in [-0.25, -0.2) is 0 Å². The molecule has 1 aliphatic rings. The molecule has 1 aromatic carbocycles. The molecule has 0 radical (unpaired) electrons. The Morgan fingerprint density at radius 3 is 2.84 bits per heavy atom. The number of hydrogen-bond acceptors (Lipinski definition) is 2. The highest BCUT2D eigenvalue weighted by Crippen LogP contribution is 2.35. The van der Waals surface area contributed by atoms with Crippen LogP contribution in [-0.4, -0.2) is 17.8 Å². The van der Waals surface area contributed by atoms with E-state index >= 15 is 0 Å². The second kappa shape index (κ2) is 7.46. The lowest BCUT2D eigenvalue weighted by Crippen LogP contribution is -2.26. The van der Waals surface area contributed by atoms with E-state index in [2.05, 4.69) is 18.7 Å². The Morgan fingerprint density at radius 1 is 1.32 bits per heavy atom. The second-order valence-electron chi connectivity index (χ2n) is 5.45. The van der Waals surface area contributed by atoms with Crippen molar-refractivity contribution in [2.45, 2.75) is 38.4 Å². The summed E-state index contributed by atoms with van der Waals surface area (Å²) < 4.78 is 5.83. The van der Waals surface area contributed by atoms with E-state index in [1.165, 1.54) is 18.4 Å². The smallest absolute Gasteiger partial charge is 0.0717 e. The van der Waals surface area contributed by atoms with E-state index in [1.54, 1.807) is 0 Å². The first-order valence-corrected chi connectivity index (χ1v) is 7.22. The normalized spacial score (nSPS) is 24.3. The highest BCUT2D eigenvalue weighted by atomic mass is 16.5. The zero-order valence-corrected chi connectivity index (χ0v) is 11.5. The predicted octanol–water partition coefficient (Wildman–Crippen LogP) is 3.56. The molecule has 1 N–H and O–H groups in total. The summed E-state index contributed by atoms with van der Waals surface area (Å²) >= 11 is 0. The average Bonchev–Trinajstić information content (AvgIpc) is 2.89. The standard InChI is InChI=1S/C17H24O2/c1-2-7-17(18)16-11-6-10-15(16)13-19-12-14-8-4-3-5-9-14/h2-5,8-9,15-18H,1,6-7,10-13H2/t15-,16+,17+/m0/s1. The zero-order valence-electron chi connectivity index (χ0n) is 11.5. The highest BCUT2D eigenvalue weighted by Gasteiger charge is 2.32. The second-order valence-corrected chi connectivity index (χ2v) is 5.45. The number of aliphatic hydroxyl groups excluding tert-OH is 1. The fraction of sp³-hybridized carbons (Fsp3) is 0.529. The van der Waals surface area contributed by atoms with Gasteiger partial charge in [-0.05, 0) is 36.7 Å². The number of ether oxygens (including phenoxy) is 1. The van der Waals surface area contributed by atoms with Crippen LogP contribution in [0.3, 0.4) is 0 Å². The molecule has 2 heteroatoms. The van der Waals surface area contributed by atoms with Crippen LogP contribution in [0.4, 0.5) is 0 Å². The van der Waals surface area contributed by atoms with Crippen LogP contribution in [-0.2, 0) is 11.3 Å². The van der Waals surface area contributed by atoms with Gasteiger partial charge in [0.05, 0.1) is 19.3 Å². The lowest BCUT2D eigenvalue weighted by Gasteiger charge is -2.24. The largest absolute Gasteiger partial charge is 0.393 e. The third-order valence-electron chi connectivity index (χ3n) is 4.06. The van der Waals surface area contributed by atoms with Gasteiger partial charge >= 0.3 is 0 Å². The molecular formula is C17H24O2. The summed E-state index contributed by atoms with van der Waals surface area (Å²) in [7, 11) is 0. The van der Waals surface area contributed by atoms with Gasteiger partial charge in [-0.2, -0.15) is 0 Å². The van der Waals surface area contributed by atoms with Crippen molar-refractivity contribution in [1.82, 2.24) is 0 Å². The monoisotopic (exact) mass is 260 g/mol. The van der Waals surface area contributed by atoms with Crippen LogP contribution in [0.5, 0.6) is 0 Å². The van der Waals surface area contributed by atoms with Crippen LogP contribution >= 0.6 is 0 Å². The van der Waals surface area contributed by atoms with Crippen molar-refractivity contribution in [3.05, 3.63) is 48.6 Å². The number of rotatable bonds is 7. The molecule has 19 heavy (non-hydrogen) atoms. The van der Waals surface area contributed by atoms with Gasteiger partial charge in [-0.1, -0.05) is 42.8 Å². The van der Waals surface area contributed by atoms with Crippen LogP contribution in [0.25, 0.3) is 0 Å². The number of benzene rings is 1. The van der Waals surface area contributed by atoms with Crippen molar-refractivity contribution in [3.8, 4) is 0 Å². The predicted molar refractivity (Wildman–Crippen MR) is 77.7 cm³/mol. The van der Waals surface area contributed by atoms with Crippen molar-refractivity contribution < 1.29 is 9.84 Å². The Kier molecular flexibility index (Phi) is 5.62. The molecule has 0 spiro atoms. The van der Waals surface area contributed by atoms with Crippen LogP contribution in [0.15, 0.2) is 43.0 Å². The Labute approximate surface area is 116 Å². The van der Waals surface area contributed by atoms with Gasteiger partial charge in [0, 0.05) is 0 Å². The molecule has 0 aliphatic heterocycles. The summed E-state index contributed by atoms with van der Waals surface area (Å²) in [6, 6.07) is 10.2. The van der Waals surface area contributed by atoms with Crippen LogP contribution in [0, 0.1) is 11.8 Å². The topological polar surface area (TPSA) is 29.5 Å². The maximum Gasteiger partial charge on any atom is 0.0717 e. The Hall–Kier alpha value is -1.12. The molecule has 0 amide bonds. The minimum Gasteiger partial charge on any atom is -0.393 e. The maximum absolute atomic E-state index is 10.1. The van der Waals surface area contributed by atoms with Gasteiger partial charge in [-0.3, -0.25) is 0 Å². The average molecular weight is 260 g/mol. The third-order valence-corrected chi connectivity index (χ3v) is 4.06. The molecule has 0 aromatic heterocycles. The van der Waals surface area contributed by atoms with E-state index in [0.717, 1.165) is 13.0 Å². The molecule has 0 heterocycles. The molecule has 3 atom stereocenters. The summed E-state index contributed by atoms with van der Waals surface area (Å²) in [5.41, 5.74) is 1.21. The van der Waals surface area contributed by atoms with E-state index in [0.29, 0.717) is 24.9 Å². The number of hydrogen-bond donors (Lipinski definition) is 1. The third kappa shape index (κ3) is 4.19. The summed E-state index contributed by atoms with van der Waals surface area (Å²) in [6.07, 6.45) is 5.76. The molecule has 1 saturated carbocycles. The quantitative estimate of drug-likeness (QED) is 0.760. The summed E-state index contributed by atoms with van der Waals surface area (Å²) in [5, 5.41) is 10.1. The van der Waals surface area contributed by atoms with Gasteiger partial charge in [0.1, 0.15) is 0 Å². The fourth-order valence-corrected chi connectivity index (χ4v) is 3.03. The van der Waals surface area contributed by atoms with Crippen LogP contribution < -0.4 is 0 Å². The lowest BCUT2D eigenvalue weighted by molar-refractivity contribution is 0.0301. The molecule has 0 unspecified atom stereocenters. The first-order valence-electron chi connectivity index (χ1n) is 7.22. The first-order chi connectivity index (χ1) is 9.31. The Balaban J connectivity index is 1.77. The minimum atomic E-state index is -0.245. The first kappa shape index (κ1) is 14.3. The van der Waals surface area contributed by atoms with Gasteiger partial charge in [0.2, 0.25) is 0 Å². The van der Waals surface area contributed by atoms with E-state index in [-0.39, 0.29) is 6.10 Å². The van der Waals surface area contributed by atoms with Gasteiger partial charge in [-0.15, -0.1) is 6.58 Å². The van der Waals surface area contributed by atoms with Gasteiger partial charge in [0.15, 0.2) is 0 Å². The molecule has 2 nitrogen and oxygen atoms in total. The molecule has 104 valence electrons. The van der Waals surface area contributed by atoms with Gasteiger partial charge < -0.3 is 9.84 Å². The van der Waals surface area contributed by atoms with Crippen molar-refractivity contribution in [3.63, 3.8) is 0 Å². The van der Waals surface area contributed by atoms with Crippen LogP contribution in [0.2, 0.25) is 0 Å². The maximum atomic E-state index is 10.1. The molecule has 1 fully saturated rings. The zero-order chi connectivity index (χ0) is 13.5. The molecular weight excluding hydrogens is 236 g/mol. The number of aliphatic hydroxyl groups is 1. The van der Waals surface area contributed by atoms with Crippen molar-refractivity contribution >= 4 is 0 Å². The summed E-state index contributed by atoms with van der Waals surface area (Å²) in [5.74, 6) is 0.882. The summed E-state index contributed by atoms with van der Waals surface area (Å²) in [4.78, 5) is 0. The fourth-order valence-electron chi connectivity index (χ4n) is 3.03. The van der Waals surface area contributed by atoms with E-state index < -0.39 is 0 Å². The van der Waals surface area contributed by atoms with E-state index in [4.69, 9.17) is 4.74 Å². The Bertz CT molecular complexity index is 374. The minimum absolute atomic E-state index is 0.245. The molecule has 1 aromatic rings. The highest BCUT2D eigenvalue weighted by molar-refractivity contribution is 5.13. The molecule has 0 saturated heterocycles. The molecule has 2 rings (SSSR count). The molecule has 1 aliphatic carbocycles. The van der Waals surface area contributed by atoms with Crippen molar-refractivity contribution in [2.24, 2.45) is 11.8 Å². The SMILES string of the molecule is C=CC[C@@H](O)[C@@H]1CCC[C@H]1COCc1ccccc1. The Morgan fingerprint density at radius 2 is 2.11 bits per heavy atom. The van der Waals surface area contributed by atoms with Gasteiger partial charge in [0.25, 0.3) is 0 Å². The van der Waals surface area contributed by atoms with E-state index in [9.17, 15) is 5.11 Å². The van der Waals surface area contributed by atoms with Crippen molar-refractivity contribution in [2.75, 3.05) is 6.61 Å². The van der Waals surface area contributed by atoms with Crippen LogP contribution in [0.1, 0.15) is 31.2 Å². The molecule has 0 bridgehead atoms.